The van der Waals surface area contributed by atoms with Crippen molar-refractivity contribution in [3.8, 4) is 0 Å². The fourth-order valence-electron chi connectivity index (χ4n) is 7.92. The van der Waals surface area contributed by atoms with Crippen LogP contribution in [0, 0.1) is 0 Å². The minimum absolute atomic E-state index is 0. The van der Waals surface area contributed by atoms with Crippen LogP contribution in [0.5, 0.6) is 0 Å². The van der Waals surface area contributed by atoms with E-state index in [0.717, 1.165) is 38.5 Å². The van der Waals surface area contributed by atoms with Gasteiger partial charge in [-0.3, -0.25) is 0 Å². The first-order valence-electron chi connectivity index (χ1n) is 26.9. The Hall–Kier alpha value is 0.436. The van der Waals surface area contributed by atoms with Gasteiger partial charge in [0.05, 0.1) is 0 Å². The molecule has 0 radical (unpaired) electrons. The molecular formula is C54H105CaMgO6+. The van der Waals surface area contributed by atoms with E-state index >= 15 is 0 Å². The molecule has 0 bridgehead atoms. The average Bonchev–Trinajstić information content (AvgIpc) is 3.22. The Kier molecular flexibility index (Phi) is 78.4. The molecule has 0 saturated heterocycles. The second-order valence-corrected chi connectivity index (χ2v) is 18.2. The van der Waals surface area contributed by atoms with Crippen molar-refractivity contribution in [2.24, 2.45) is 0 Å². The van der Waals surface area contributed by atoms with E-state index in [9.17, 15) is 29.7 Å². The van der Waals surface area contributed by atoms with Crippen LogP contribution in [-0.2, 0) is 14.4 Å². The molecule has 6 nitrogen and oxygen atoms in total. The smallest absolute Gasteiger partial charge is 0.550 e. The van der Waals surface area contributed by atoms with Crippen molar-refractivity contribution >= 4 is 78.7 Å². The van der Waals surface area contributed by atoms with Crippen molar-refractivity contribution in [1.29, 1.82) is 0 Å². The van der Waals surface area contributed by atoms with Crippen LogP contribution in [0.15, 0.2) is 0 Å². The van der Waals surface area contributed by atoms with Crippen LogP contribution in [0.2, 0.25) is 0 Å². The molecule has 0 atom stereocenters. The second kappa shape index (κ2) is 68.0. The molecule has 0 amide bonds. The number of carboxylic acids is 3. The van der Waals surface area contributed by atoms with E-state index in [4.69, 9.17) is 0 Å². The molecule has 0 aliphatic carbocycles. The van der Waals surface area contributed by atoms with Crippen LogP contribution in [0.3, 0.4) is 0 Å². The maximum Gasteiger partial charge on any atom is 2.00 e. The number of carboxylic acid groups (broad SMARTS) is 3. The summed E-state index contributed by atoms with van der Waals surface area (Å²) in [6.45, 7) is 6.80. The summed E-state index contributed by atoms with van der Waals surface area (Å²) in [5.74, 6) is -2.71. The van der Waals surface area contributed by atoms with Gasteiger partial charge in [0.2, 0.25) is 0 Å². The van der Waals surface area contributed by atoms with Gasteiger partial charge in [-0.2, -0.15) is 0 Å². The number of rotatable bonds is 48. The van der Waals surface area contributed by atoms with E-state index < -0.39 is 17.9 Å². The summed E-state index contributed by atoms with van der Waals surface area (Å²) in [5, 5.41) is 30.7. The first-order chi connectivity index (χ1) is 29.3. The maximum absolute atomic E-state index is 10.2. The Morgan fingerprint density at radius 2 is 0.323 bits per heavy atom. The van der Waals surface area contributed by atoms with Crippen molar-refractivity contribution < 1.29 is 29.7 Å². The largest absolute Gasteiger partial charge is 2.00 e. The molecule has 360 valence electrons. The monoisotopic (exact) mass is 914 g/mol. The number of unbranched alkanes of at least 4 members (excludes halogenated alkanes) is 42. The van der Waals surface area contributed by atoms with Gasteiger partial charge in [0.15, 0.2) is 0 Å². The molecule has 0 N–H and O–H groups in total. The Balaban J connectivity index is -0.000000258. The minimum Gasteiger partial charge on any atom is -0.550 e. The summed E-state index contributed by atoms with van der Waals surface area (Å²) in [4.78, 5) is 30.7. The van der Waals surface area contributed by atoms with Gasteiger partial charge in [0.1, 0.15) is 0 Å². The standard InChI is InChI=1S/3C18H36O2.Ca.Mg/c3*1-2-3-4-5-6-7-8-9-10-11-12-13-14-15-16-17-18(19)20;;/h3*2-17H2,1H3,(H,19,20);;/q;;;2*+2/p-3. The molecule has 0 aromatic rings. The predicted octanol–water partition coefficient (Wildman–Crippen LogP) is 14.2. The molecule has 62 heavy (non-hydrogen) atoms. The average molecular weight is 915 g/mol. The Morgan fingerprint density at radius 3 is 0.419 bits per heavy atom. The van der Waals surface area contributed by atoms with Crippen molar-refractivity contribution in [3.05, 3.63) is 0 Å². The summed E-state index contributed by atoms with van der Waals surface area (Å²) in [6.07, 6.45) is 59.6. The van der Waals surface area contributed by atoms with Crippen LogP contribution < -0.4 is 15.3 Å². The molecule has 0 saturated carbocycles. The second-order valence-electron chi connectivity index (χ2n) is 18.2. The summed E-state index contributed by atoms with van der Waals surface area (Å²) >= 11 is 0. The van der Waals surface area contributed by atoms with Crippen LogP contribution in [0.1, 0.15) is 329 Å². The molecule has 0 heterocycles. The van der Waals surface area contributed by atoms with E-state index in [1.165, 1.54) is 250 Å². The molecule has 0 spiro atoms. The Morgan fingerprint density at radius 1 is 0.226 bits per heavy atom. The summed E-state index contributed by atoms with van der Waals surface area (Å²) in [5.41, 5.74) is 0. The van der Waals surface area contributed by atoms with Gasteiger partial charge < -0.3 is 29.7 Å². The topological polar surface area (TPSA) is 120 Å². The van der Waals surface area contributed by atoms with Crippen LogP contribution in [0.4, 0.5) is 0 Å². The molecular weight excluding hydrogens is 809 g/mol. The van der Waals surface area contributed by atoms with E-state index in [1.807, 2.05) is 0 Å². The van der Waals surface area contributed by atoms with E-state index in [0.29, 0.717) is 0 Å². The third-order valence-electron chi connectivity index (χ3n) is 12.0. The van der Waals surface area contributed by atoms with Gasteiger partial charge in [0, 0.05) is 17.9 Å². The van der Waals surface area contributed by atoms with Crippen molar-refractivity contribution in [2.75, 3.05) is 0 Å². The molecule has 0 fully saturated rings. The Labute approximate surface area is 433 Å². The Bertz CT molecular complexity index is 724. The first-order valence-corrected chi connectivity index (χ1v) is 26.9. The SMILES string of the molecule is CCCCCCCCCCCCCCCCCC(=O)[O-].CCCCCCCCCCCCCCCCCC(=O)[O-].CCCCCCCCCCCCCCCCCC(=O)[O-].[Ca+2].[Mg+2]. The van der Waals surface area contributed by atoms with Gasteiger partial charge in [-0.15, -0.1) is 0 Å². The molecule has 0 unspecified atom stereocenters. The molecule has 0 rings (SSSR count). The van der Waals surface area contributed by atoms with E-state index in [2.05, 4.69) is 20.8 Å². The van der Waals surface area contributed by atoms with Crippen molar-refractivity contribution in [2.45, 2.75) is 329 Å². The van der Waals surface area contributed by atoms with Crippen molar-refractivity contribution in [1.82, 2.24) is 0 Å². The normalized spacial score (nSPS) is 10.5. The zero-order chi connectivity index (χ0) is 44.7. The van der Waals surface area contributed by atoms with Gasteiger partial charge in [-0.1, -0.05) is 290 Å². The fraction of sp³-hybridized carbons (Fsp3) is 0.944. The minimum atomic E-state index is -0.903. The zero-order valence-electron chi connectivity index (χ0n) is 42.3. The molecule has 8 heteroatoms. The first kappa shape index (κ1) is 71.4. The molecule has 0 aromatic carbocycles. The molecule has 0 aliphatic rings. The van der Waals surface area contributed by atoms with Crippen LogP contribution in [0.25, 0.3) is 0 Å². The quantitative estimate of drug-likeness (QED) is 0.0443. The summed E-state index contributed by atoms with van der Waals surface area (Å²) in [7, 11) is 0. The molecule has 0 aliphatic heterocycles. The van der Waals surface area contributed by atoms with E-state index in [-0.39, 0.29) is 80.1 Å². The summed E-state index contributed by atoms with van der Waals surface area (Å²) in [6, 6.07) is 0. The third-order valence-corrected chi connectivity index (χ3v) is 12.0. The summed E-state index contributed by atoms with van der Waals surface area (Å²) < 4.78 is 0. The number of hydrogen-bond donors (Lipinski definition) is 0. The number of carbonyl (C=O) groups is 3. The number of hydrogen-bond acceptors (Lipinski definition) is 6. The number of aliphatic carboxylic acids is 3. The third kappa shape index (κ3) is 80.7. The van der Waals surface area contributed by atoms with Gasteiger partial charge in [0.25, 0.3) is 0 Å². The molecule has 0 aromatic heterocycles. The van der Waals surface area contributed by atoms with Crippen LogP contribution in [-0.4, -0.2) is 78.7 Å². The van der Waals surface area contributed by atoms with Crippen molar-refractivity contribution in [3.63, 3.8) is 0 Å². The van der Waals surface area contributed by atoms with Gasteiger partial charge in [-0.25, -0.2) is 0 Å². The number of carbonyl (C=O) groups excluding carboxylic acids is 3. The van der Waals surface area contributed by atoms with Crippen LogP contribution >= 0.6 is 0 Å². The van der Waals surface area contributed by atoms with E-state index in [1.54, 1.807) is 0 Å². The fourth-order valence-corrected chi connectivity index (χ4v) is 7.92. The van der Waals surface area contributed by atoms with Gasteiger partial charge >= 0.3 is 60.8 Å². The predicted molar refractivity (Wildman–Crippen MR) is 265 cm³/mol. The zero-order valence-corrected chi connectivity index (χ0v) is 45.9. The maximum atomic E-state index is 10.2. The van der Waals surface area contributed by atoms with Gasteiger partial charge in [-0.05, 0) is 38.5 Å².